The number of thioether (sulfide) groups is 1. The standard InChI is InChI=1S/C27H28N2O6S/c1-33-19-11-9-18(10-12-19)15-35-27(32)24-20(21-8-5-13-34-21)16-36-26-23(25(31)29(24)26)28-22(30)14-17-6-3-2-4-7-17/h2-4,6-7,9-12,16,21,23-24,26H,5,8,13-15H2,1H3,(H,28,30)/t21-,23-,24-,26-/m1/s1. The second kappa shape index (κ2) is 10.8. The first-order valence-corrected chi connectivity index (χ1v) is 12.9. The van der Waals surface area contributed by atoms with Crippen molar-refractivity contribution in [3.8, 4) is 5.75 Å². The van der Waals surface area contributed by atoms with Gasteiger partial charge in [-0.05, 0) is 47.1 Å². The van der Waals surface area contributed by atoms with Gasteiger partial charge in [0.1, 0.15) is 23.8 Å². The Balaban J connectivity index is 1.28. The zero-order valence-electron chi connectivity index (χ0n) is 19.9. The van der Waals surface area contributed by atoms with Crippen LogP contribution in [0.3, 0.4) is 0 Å². The summed E-state index contributed by atoms with van der Waals surface area (Å²) >= 11 is 1.43. The van der Waals surface area contributed by atoms with Gasteiger partial charge in [0, 0.05) is 6.61 Å². The van der Waals surface area contributed by atoms with Crippen LogP contribution in [0.15, 0.2) is 65.6 Å². The molecular weight excluding hydrogens is 480 g/mol. The maximum absolute atomic E-state index is 13.3. The van der Waals surface area contributed by atoms with Crippen molar-refractivity contribution in [3.63, 3.8) is 0 Å². The number of benzene rings is 2. The van der Waals surface area contributed by atoms with Crippen molar-refractivity contribution in [2.75, 3.05) is 13.7 Å². The van der Waals surface area contributed by atoms with Crippen molar-refractivity contribution in [2.24, 2.45) is 0 Å². The number of esters is 1. The van der Waals surface area contributed by atoms with Crippen LogP contribution < -0.4 is 10.1 Å². The number of nitrogens with one attached hydrogen (secondary N) is 1. The SMILES string of the molecule is COc1ccc(COC(=O)[C@H]2C([C@H]3CCCO3)=CS[C@@H]3[C@H](NC(=O)Cc4ccccc4)C(=O)N23)cc1. The third kappa shape index (κ3) is 4.99. The molecule has 9 heteroatoms. The van der Waals surface area contributed by atoms with Crippen molar-refractivity contribution < 1.29 is 28.6 Å². The lowest BCUT2D eigenvalue weighted by atomic mass is 9.93. The molecular formula is C27H28N2O6S. The Morgan fingerprint density at radius 3 is 2.58 bits per heavy atom. The molecule has 0 aliphatic carbocycles. The van der Waals surface area contributed by atoms with Gasteiger partial charge in [-0.1, -0.05) is 42.5 Å². The summed E-state index contributed by atoms with van der Waals surface area (Å²) in [6.07, 6.45) is 1.65. The van der Waals surface area contributed by atoms with Gasteiger partial charge in [0.2, 0.25) is 11.8 Å². The van der Waals surface area contributed by atoms with E-state index in [1.54, 1.807) is 19.2 Å². The van der Waals surface area contributed by atoms with E-state index in [2.05, 4.69) is 5.32 Å². The minimum absolute atomic E-state index is 0.0786. The Labute approximate surface area is 214 Å². The summed E-state index contributed by atoms with van der Waals surface area (Å²) in [5, 5.41) is 4.39. The number of fused-ring (bicyclic) bond motifs is 1. The maximum atomic E-state index is 13.3. The molecule has 3 heterocycles. The molecule has 2 fully saturated rings. The highest BCUT2D eigenvalue weighted by Crippen LogP contribution is 2.43. The minimum atomic E-state index is -0.868. The van der Waals surface area contributed by atoms with E-state index in [1.165, 1.54) is 16.7 Å². The molecule has 2 aromatic rings. The van der Waals surface area contributed by atoms with E-state index in [9.17, 15) is 14.4 Å². The fourth-order valence-corrected chi connectivity index (χ4v) is 5.99. The quantitative estimate of drug-likeness (QED) is 0.433. The molecule has 0 spiro atoms. The molecule has 36 heavy (non-hydrogen) atoms. The Bertz CT molecular complexity index is 1150. The normalized spacial score (nSPS) is 24.9. The molecule has 188 valence electrons. The highest BCUT2D eigenvalue weighted by Gasteiger charge is 2.57. The van der Waals surface area contributed by atoms with E-state index in [0.717, 1.165) is 29.5 Å². The van der Waals surface area contributed by atoms with Crippen LogP contribution in [0.2, 0.25) is 0 Å². The molecule has 0 unspecified atom stereocenters. The molecule has 0 aromatic heterocycles. The highest BCUT2D eigenvalue weighted by molar-refractivity contribution is 8.03. The number of hydrogen-bond donors (Lipinski definition) is 1. The van der Waals surface area contributed by atoms with Gasteiger partial charge in [0.15, 0.2) is 6.04 Å². The highest BCUT2D eigenvalue weighted by atomic mass is 32.2. The van der Waals surface area contributed by atoms with E-state index < -0.39 is 18.1 Å². The molecule has 0 saturated carbocycles. The number of ether oxygens (including phenoxy) is 3. The molecule has 1 N–H and O–H groups in total. The molecule has 0 bridgehead atoms. The zero-order chi connectivity index (χ0) is 25.1. The largest absolute Gasteiger partial charge is 0.497 e. The summed E-state index contributed by atoms with van der Waals surface area (Å²) in [5.41, 5.74) is 2.43. The Morgan fingerprint density at radius 1 is 1.11 bits per heavy atom. The number of carbonyl (C=O) groups excluding carboxylic acids is 3. The van der Waals surface area contributed by atoms with E-state index in [-0.39, 0.29) is 36.3 Å². The monoisotopic (exact) mass is 508 g/mol. The Morgan fingerprint density at radius 2 is 1.89 bits per heavy atom. The van der Waals surface area contributed by atoms with Crippen LogP contribution >= 0.6 is 11.8 Å². The number of methoxy groups -OCH3 is 1. The summed E-state index contributed by atoms with van der Waals surface area (Å²) in [6.45, 7) is 0.699. The van der Waals surface area contributed by atoms with Crippen molar-refractivity contribution in [2.45, 2.75) is 49.4 Å². The molecule has 3 aliphatic rings. The van der Waals surface area contributed by atoms with E-state index in [1.807, 2.05) is 47.9 Å². The molecule has 0 radical (unpaired) electrons. The molecule has 3 aliphatic heterocycles. The van der Waals surface area contributed by atoms with Crippen LogP contribution in [0, 0.1) is 0 Å². The van der Waals surface area contributed by atoms with Gasteiger partial charge in [0.25, 0.3) is 0 Å². The first kappa shape index (κ1) is 24.4. The number of hydrogen-bond acceptors (Lipinski definition) is 7. The van der Waals surface area contributed by atoms with Gasteiger partial charge in [-0.2, -0.15) is 0 Å². The van der Waals surface area contributed by atoms with Crippen molar-refractivity contribution in [1.82, 2.24) is 10.2 Å². The second-order valence-corrected chi connectivity index (χ2v) is 9.95. The summed E-state index contributed by atoms with van der Waals surface area (Å²) in [5.74, 6) is -0.302. The van der Waals surface area contributed by atoms with Crippen molar-refractivity contribution in [3.05, 3.63) is 76.7 Å². The van der Waals surface area contributed by atoms with Gasteiger partial charge in [-0.25, -0.2) is 4.79 Å². The fourth-order valence-electron chi connectivity index (χ4n) is 4.71. The number of rotatable bonds is 8. The van der Waals surface area contributed by atoms with Gasteiger partial charge in [-0.3, -0.25) is 9.59 Å². The van der Waals surface area contributed by atoms with Crippen LogP contribution in [0.25, 0.3) is 0 Å². The number of β-lactam (4-membered cyclic amide) rings is 1. The van der Waals surface area contributed by atoms with Crippen LogP contribution in [0.4, 0.5) is 0 Å². The van der Waals surface area contributed by atoms with E-state index in [0.29, 0.717) is 12.4 Å². The average Bonchev–Trinajstić information content (AvgIpc) is 3.45. The van der Waals surface area contributed by atoms with E-state index in [4.69, 9.17) is 14.2 Å². The summed E-state index contributed by atoms with van der Waals surface area (Å²) in [4.78, 5) is 40.7. The zero-order valence-corrected chi connectivity index (χ0v) is 20.7. The van der Waals surface area contributed by atoms with Crippen LogP contribution in [0.5, 0.6) is 5.75 Å². The lowest BCUT2D eigenvalue weighted by Gasteiger charge is -2.52. The summed E-state index contributed by atoms with van der Waals surface area (Å²) in [7, 11) is 1.59. The predicted molar refractivity (Wildman–Crippen MR) is 134 cm³/mol. The summed E-state index contributed by atoms with van der Waals surface area (Å²) in [6, 6.07) is 15.1. The molecule has 5 rings (SSSR count). The molecule has 8 nitrogen and oxygen atoms in total. The Kier molecular flexibility index (Phi) is 7.29. The maximum Gasteiger partial charge on any atom is 0.333 e. The predicted octanol–water partition coefficient (Wildman–Crippen LogP) is 2.81. The smallest absolute Gasteiger partial charge is 0.333 e. The first-order valence-electron chi connectivity index (χ1n) is 12.0. The lowest BCUT2D eigenvalue weighted by Crippen LogP contribution is -2.74. The van der Waals surface area contributed by atoms with Gasteiger partial charge >= 0.3 is 5.97 Å². The molecule has 2 saturated heterocycles. The van der Waals surface area contributed by atoms with Gasteiger partial charge in [0.05, 0.1) is 19.6 Å². The van der Waals surface area contributed by atoms with Crippen LogP contribution in [-0.2, 0) is 36.9 Å². The fraction of sp³-hybridized carbons (Fsp3) is 0.370. The van der Waals surface area contributed by atoms with Crippen LogP contribution in [0.1, 0.15) is 24.0 Å². The average molecular weight is 509 g/mol. The Hall–Kier alpha value is -3.30. The third-order valence-corrected chi connectivity index (χ3v) is 7.79. The minimum Gasteiger partial charge on any atom is -0.497 e. The van der Waals surface area contributed by atoms with Crippen molar-refractivity contribution in [1.29, 1.82) is 0 Å². The second-order valence-electron chi connectivity index (χ2n) is 8.96. The number of nitrogens with zero attached hydrogens (tertiary/aromatic N) is 1. The van der Waals surface area contributed by atoms with Crippen LogP contribution in [-0.4, -0.2) is 60.0 Å². The lowest BCUT2D eigenvalue weighted by molar-refractivity contribution is -0.164. The summed E-state index contributed by atoms with van der Waals surface area (Å²) < 4.78 is 16.7. The van der Waals surface area contributed by atoms with Gasteiger partial charge < -0.3 is 24.4 Å². The van der Waals surface area contributed by atoms with Gasteiger partial charge in [-0.15, -0.1) is 11.8 Å². The van der Waals surface area contributed by atoms with E-state index >= 15 is 0 Å². The number of amides is 2. The molecule has 2 amide bonds. The molecule has 2 aromatic carbocycles. The van der Waals surface area contributed by atoms with Crippen molar-refractivity contribution >= 4 is 29.5 Å². The number of carbonyl (C=O) groups is 3. The molecule has 4 atom stereocenters. The first-order chi connectivity index (χ1) is 17.5. The third-order valence-electron chi connectivity index (χ3n) is 6.61. The topological polar surface area (TPSA) is 94.2 Å².